The summed E-state index contributed by atoms with van der Waals surface area (Å²) in [5, 5.41) is 0. The van der Waals surface area contributed by atoms with Crippen LogP contribution in [0, 0.1) is 0 Å². The second-order valence-electron chi connectivity index (χ2n) is 5.30. The minimum atomic E-state index is -5.34. The molecule has 0 saturated heterocycles. The van der Waals surface area contributed by atoms with Gasteiger partial charge in [0.05, 0.1) is 0 Å². The summed E-state index contributed by atoms with van der Waals surface area (Å²) in [6.07, 6.45) is -5.68. The van der Waals surface area contributed by atoms with E-state index in [0.717, 1.165) is 6.92 Å². The van der Waals surface area contributed by atoms with Gasteiger partial charge in [0.2, 0.25) is 0 Å². The molecule has 0 aromatic heterocycles. The quantitative estimate of drug-likeness (QED) is 0.193. The molecular formula is C7H20N4O12P4Pt-6. The van der Waals surface area contributed by atoms with E-state index in [1.165, 1.54) is 0 Å². The van der Waals surface area contributed by atoms with Gasteiger partial charge in [-0.2, -0.15) is 0 Å². The van der Waals surface area contributed by atoms with Crippen molar-refractivity contribution in [3.8, 4) is 0 Å². The molecule has 0 fully saturated rings. The summed E-state index contributed by atoms with van der Waals surface area (Å²) in [5.41, 5.74) is 0. The van der Waals surface area contributed by atoms with E-state index in [1.807, 2.05) is 0 Å². The maximum Gasteiger partial charge on any atom is 2.00 e. The fourth-order valence-corrected chi connectivity index (χ4v) is 5.28. The summed E-state index contributed by atoms with van der Waals surface area (Å²) in [6.45, 7) is 0.252. The van der Waals surface area contributed by atoms with Crippen molar-refractivity contribution in [3.05, 3.63) is 0 Å². The minimum absolute atomic E-state index is 0. The van der Waals surface area contributed by atoms with E-state index in [1.54, 1.807) is 0 Å². The monoisotopic (exact) mass is 671 g/mol. The van der Waals surface area contributed by atoms with E-state index < -0.39 is 68.1 Å². The van der Waals surface area contributed by atoms with Gasteiger partial charge in [0.25, 0.3) is 0 Å². The predicted octanol–water partition coefficient (Wildman–Crippen LogP) is -6.21. The Morgan fingerprint density at radius 2 is 0.893 bits per heavy atom. The molecule has 0 amide bonds. The van der Waals surface area contributed by atoms with E-state index >= 15 is 0 Å². The Kier molecular flexibility index (Phi) is 17.6. The van der Waals surface area contributed by atoms with Crippen molar-refractivity contribution >= 4 is 30.4 Å². The molecule has 176 valence electrons. The molecule has 0 heterocycles. The topological polar surface area (TPSA) is 329 Å². The Hall–Kier alpha value is 1.13. The first-order chi connectivity index (χ1) is 10.8. The van der Waals surface area contributed by atoms with Gasteiger partial charge in [-0.1, -0.05) is 30.4 Å². The van der Waals surface area contributed by atoms with Crippen molar-refractivity contribution in [1.29, 1.82) is 0 Å². The standard InChI is InChI=1S/C7H22N2O12P4.2H3N.Pt/c1-7(9(5-24(16,17)18)6-25(19,20)21)2-8(3-22(10,11)12)4-23(13,14)15;;;/h7H,2-6H2,1H3,(H2,10,11,12)(H2,13,14,15)(H2,16,17,18)(H2,19,20,21);2*1H3;/q;;;+2/p-8. The second kappa shape index (κ2) is 13.5. The van der Waals surface area contributed by atoms with Crippen molar-refractivity contribution in [2.45, 2.75) is 13.0 Å². The maximum absolute atomic E-state index is 10.8. The SMILES string of the molecule is CC(CN(CP(=O)([O-])[O-])CP(=O)([O-])[O-])N(CP(=O)([O-])[O-])CP(=O)([O-])[O-].N.N.[Pt+2]. The van der Waals surface area contributed by atoms with Crippen molar-refractivity contribution in [3.63, 3.8) is 0 Å². The van der Waals surface area contributed by atoms with Gasteiger partial charge < -0.3 is 69.7 Å². The molecule has 0 bridgehead atoms. The van der Waals surface area contributed by atoms with Crippen molar-refractivity contribution in [1.82, 2.24) is 22.1 Å². The minimum Gasteiger partial charge on any atom is -0.810 e. The Morgan fingerprint density at radius 3 is 1.11 bits per heavy atom. The summed E-state index contributed by atoms with van der Waals surface area (Å²) >= 11 is 0. The van der Waals surface area contributed by atoms with Gasteiger partial charge in [-0.25, -0.2) is 0 Å². The molecule has 0 aliphatic carbocycles. The third-order valence-corrected chi connectivity index (χ3v) is 5.51. The van der Waals surface area contributed by atoms with Gasteiger partial charge in [-0.15, -0.1) is 0 Å². The molecule has 16 nitrogen and oxygen atoms in total. The van der Waals surface area contributed by atoms with Crippen LogP contribution in [0.25, 0.3) is 0 Å². The fourth-order valence-electron chi connectivity index (χ4n) is 1.91. The summed E-state index contributed by atoms with van der Waals surface area (Å²) in [4.78, 5) is 87.0. The van der Waals surface area contributed by atoms with Crippen LogP contribution in [0.2, 0.25) is 0 Å². The molecule has 21 heteroatoms. The van der Waals surface area contributed by atoms with Gasteiger partial charge in [0.1, 0.15) is 0 Å². The van der Waals surface area contributed by atoms with Gasteiger partial charge in [0.15, 0.2) is 0 Å². The molecule has 0 aromatic carbocycles. The summed E-state index contributed by atoms with van der Waals surface area (Å²) < 4.78 is 43.2. The van der Waals surface area contributed by atoms with E-state index in [4.69, 9.17) is 0 Å². The van der Waals surface area contributed by atoms with Crippen molar-refractivity contribution in [2.24, 2.45) is 0 Å². The van der Waals surface area contributed by atoms with E-state index in [9.17, 15) is 57.4 Å². The molecule has 6 N–H and O–H groups in total. The first kappa shape index (κ1) is 36.5. The van der Waals surface area contributed by atoms with Crippen molar-refractivity contribution < 1.29 is 78.5 Å². The zero-order valence-corrected chi connectivity index (χ0v) is 20.3. The summed E-state index contributed by atoms with van der Waals surface area (Å²) in [6, 6.07) is -1.37. The average Bonchev–Trinajstić information content (AvgIpc) is 2.18. The summed E-state index contributed by atoms with van der Waals surface area (Å²) in [7, 11) is -21.3. The molecule has 1 atom stereocenters. The van der Waals surface area contributed by atoms with Gasteiger partial charge in [0, 0.05) is 37.7 Å². The number of nitrogens with zero attached hydrogens (tertiary/aromatic N) is 2. The predicted molar refractivity (Wildman–Crippen MR) is 77.9 cm³/mol. The number of rotatable bonds is 11. The molecule has 0 aliphatic heterocycles. The Morgan fingerprint density at radius 1 is 0.643 bits per heavy atom. The average molecular weight is 671 g/mol. The van der Waals surface area contributed by atoms with Crippen LogP contribution in [0.3, 0.4) is 0 Å². The molecule has 0 radical (unpaired) electrons. The summed E-state index contributed by atoms with van der Waals surface area (Å²) in [5.74, 6) is 0. The third-order valence-electron chi connectivity index (χ3n) is 2.60. The van der Waals surface area contributed by atoms with Crippen LogP contribution >= 0.6 is 30.4 Å². The van der Waals surface area contributed by atoms with Gasteiger partial charge in [-0.05, 0) is 6.92 Å². The van der Waals surface area contributed by atoms with E-state index in [2.05, 4.69) is 0 Å². The second-order valence-corrected chi connectivity index (χ2v) is 11.3. The zero-order chi connectivity index (χ0) is 20.3. The van der Waals surface area contributed by atoms with E-state index in [0.29, 0.717) is 9.80 Å². The third kappa shape index (κ3) is 21.8. The molecule has 0 spiro atoms. The molecule has 28 heavy (non-hydrogen) atoms. The van der Waals surface area contributed by atoms with Crippen LogP contribution in [0.4, 0.5) is 0 Å². The first-order valence-electron chi connectivity index (χ1n) is 6.28. The van der Waals surface area contributed by atoms with Crippen LogP contribution in [0.1, 0.15) is 6.92 Å². The Bertz CT molecular complexity index is 581. The van der Waals surface area contributed by atoms with Crippen LogP contribution in [-0.4, -0.2) is 47.5 Å². The molecular weight excluding hydrogens is 651 g/mol. The molecule has 0 aliphatic rings. The van der Waals surface area contributed by atoms with Gasteiger partial charge >= 0.3 is 21.1 Å². The van der Waals surface area contributed by atoms with Crippen molar-refractivity contribution in [2.75, 3.05) is 31.7 Å². The van der Waals surface area contributed by atoms with Crippen LogP contribution in [-0.2, 0) is 39.3 Å². The molecule has 1 unspecified atom stereocenters. The number of hydrogen-bond acceptors (Lipinski definition) is 16. The van der Waals surface area contributed by atoms with E-state index in [-0.39, 0.29) is 33.4 Å². The fraction of sp³-hybridized carbons (Fsp3) is 1.00. The van der Waals surface area contributed by atoms with Gasteiger partial charge in [-0.3, -0.25) is 9.80 Å². The Labute approximate surface area is 175 Å². The normalized spacial score (nSPS) is 14.1. The molecule has 0 aromatic rings. The Balaban J connectivity index is -0.000000960. The first-order valence-corrected chi connectivity index (χ1v) is 13.2. The maximum atomic E-state index is 10.8. The zero-order valence-electron chi connectivity index (χ0n) is 14.4. The molecule has 0 rings (SSSR count). The largest absolute Gasteiger partial charge is 2.00 e. The van der Waals surface area contributed by atoms with Crippen LogP contribution < -0.4 is 51.4 Å². The number of hydrogen-bond donors (Lipinski definition) is 2. The molecule has 0 saturated carbocycles. The smallest absolute Gasteiger partial charge is 0.810 e. The van der Waals surface area contributed by atoms with Crippen LogP contribution in [0.5, 0.6) is 0 Å². The van der Waals surface area contributed by atoms with Crippen LogP contribution in [0.15, 0.2) is 0 Å².